The van der Waals surface area contributed by atoms with Crippen LogP contribution in [0.25, 0.3) is 0 Å². The Bertz CT molecular complexity index is 1520. The van der Waals surface area contributed by atoms with Gasteiger partial charge in [-0.3, -0.25) is 9.78 Å². The first kappa shape index (κ1) is 28.0. The number of amidine groups is 1. The summed E-state index contributed by atoms with van der Waals surface area (Å²) in [6.07, 6.45) is 3.49. The number of carbonyl (C=O) groups is 2. The number of nitrogens with one attached hydrogen (secondary N) is 1. The molecule has 3 aromatic rings. The number of esters is 1. The topological polar surface area (TPSA) is 102 Å². The number of methoxy groups -OCH3 is 2. The minimum Gasteiger partial charge on any atom is -0.497 e. The van der Waals surface area contributed by atoms with Crippen LogP contribution >= 0.6 is 11.8 Å². The minimum absolute atomic E-state index is 0.0899. The van der Waals surface area contributed by atoms with Crippen LogP contribution in [0.2, 0.25) is 0 Å². The van der Waals surface area contributed by atoms with Gasteiger partial charge >= 0.3 is 5.97 Å². The molecule has 3 heterocycles. The fraction of sp³-hybridized carbons (Fsp3) is 0.226. The van der Waals surface area contributed by atoms with E-state index in [4.69, 9.17) is 19.2 Å². The van der Waals surface area contributed by atoms with Gasteiger partial charge in [0.25, 0.3) is 0 Å². The minimum atomic E-state index is -0.640. The number of aromatic nitrogens is 1. The second-order valence-corrected chi connectivity index (χ2v) is 10.2. The van der Waals surface area contributed by atoms with Crippen LogP contribution < -0.4 is 14.8 Å². The molecule has 0 saturated carbocycles. The number of ether oxygens (including phenoxy) is 3. The van der Waals surface area contributed by atoms with Crippen LogP contribution in [0, 0.1) is 0 Å². The summed E-state index contributed by atoms with van der Waals surface area (Å²) in [5.41, 5.74) is 4.12. The molecule has 0 spiro atoms. The van der Waals surface area contributed by atoms with Gasteiger partial charge in [0, 0.05) is 36.3 Å². The molecule has 0 unspecified atom stereocenters. The highest BCUT2D eigenvalue weighted by Crippen LogP contribution is 2.47. The number of amides is 1. The van der Waals surface area contributed by atoms with E-state index in [9.17, 15) is 9.59 Å². The monoisotopic (exact) mass is 570 g/mol. The summed E-state index contributed by atoms with van der Waals surface area (Å²) in [6.45, 7) is 2.28. The lowest BCUT2D eigenvalue weighted by molar-refractivity contribution is -0.141. The highest BCUT2D eigenvalue weighted by Gasteiger charge is 2.42. The average Bonchev–Trinajstić information content (AvgIpc) is 3.40. The van der Waals surface area contributed by atoms with Gasteiger partial charge in [-0.1, -0.05) is 48.2 Å². The number of aliphatic imine (C=N–C) groups is 1. The first-order valence-corrected chi connectivity index (χ1v) is 13.9. The Hall–Kier alpha value is -4.57. The molecule has 0 fully saturated rings. The SMILES string of the molecule is COc1ccc([C@@H]2C(C(=O)OCc3ccccc3)=C(C)N=C3SC=C(CC(=O)NCc4cccnc4)N32)c(OC)c1. The van der Waals surface area contributed by atoms with Crippen molar-refractivity contribution >= 4 is 28.8 Å². The predicted molar refractivity (Wildman–Crippen MR) is 157 cm³/mol. The number of rotatable bonds is 10. The van der Waals surface area contributed by atoms with Crippen LogP contribution in [0.4, 0.5) is 0 Å². The van der Waals surface area contributed by atoms with Crippen molar-refractivity contribution in [3.63, 3.8) is 0 Å². The van der Waals surface area contributed by atoms with E-state index in [0.29, 0.717) is 40.2 Å². The van der Waals surface area contributed by atoms with Gasteiger partial charge in [0.2, 0.25) is 5.91 Å². The van der Waals surface area contributed by atoms with Gasteiger partial charge < -0.3 is 24.4 Å². The molecule has 5 rings (SSSR count). The fourth-order valence-electron chi connectivity index (χ4n) is 4.70. The summed E-state index contributed by atoms with van der Waals surface area (Å²) < 4.78 is 17.0. The fourth-order valence-corrected chi connectivity index (χ4v) is 5.66. The Morgan fingerprint density at radius 1 is 1.02 bits per heavy atom. The Balaban J connectivity index is 1.46. The summed E-state index contributed by atoms with van der Waals surface area (Å²) >= 11 is 1.41. The average molecular weight is 571 g/mol. The third-order valence-electron chi connectivity index (χ3n) is 6.72. The summed E-state index contributed by atoms with van der Waals surface area (Å²) in [5.74, 6) is 0.496. The van der Waals surface area contributed by atoms with Crippen LogP contribution in [0.3, 0.4) is 0 Å². The van der Waals surface area contributed by atoms with Crippen molar-refractivity contribution in [2.24, 2.45) is 4.99 Å². The first-order valence-electron chi connectivity index (χ1n) is 13.0. The van der Waals surface area contributed by atoms with Gasteiger partial charge in [-0.05, 0) is 41.7 Å². The zero-order valence-corrected chi connectivity index (χ0v) is 23.8. The number of thioether (sulfide) groups is 1. The molecule has 10 heteroatoms. The van der Waals surface area contributed by atoms with E-state index in [2.05, 4.69) is 10.3 Å². The number of nitrogens with zero attached hydrogens (tertiary/aromatic N) is 3. The molecule has 9 nitrogen and oxygen atoms in total. The molecule has 1 atom stereocenters. The maximum Gasteiger partial charge on any atom is 0.338 e. The maximum atomic E-state index is 13.7. The van der Waals surface area contributed by atoms with E-state index in [1.165, 1.54) is 11.8 Å². The molecule has 0 radical (unpaired) electrons. The van der Waals surface area contributed by atoms with Crippen LogP contribution in [0.15, 0.2) is 100 Å². The molecular formula is C31H30N4O5S. The third kappa shape index (κ3) is 6.28. The number of carbonyl (C=O) groups excluding carboxylic acids is 2. The molecule has 0 aliphatic carbocycles. The third-order valence-corrected chi connectivity index (χ3v) is 7.61. The Morgan fingerprint density at radius 2 is 1.83 bits per heavy atom. The van der Waals surface area contributed by atoms with Crippen molar-refractivity contribution in [2.75, 3.05) is 14.2 Å². The molecule has 2 aliphatic heterocycles. The Morgan fingerprint density at radius 3 is 2.56 bits per heavy atom. The number of hydrogen-bond donors (Lipinski definition) is 1. The molecule has 1 aromatic heterocycles. The van der Waals surface area contributed by atoms with Crippen molar-refractivity contribution in [1.29, 1.82) is 0 Å². The lowest BCUT2D eigenvalue weighted by atomic mass is 9.93. The zero-order valence-electron chi connectivity index (χ0n) is 23.0. The molecule has 0 saturated heterocycles. The van der Waals surface area contributed by atoms with Gasteiger partial charge in [0.05, 0.1) is 38.0 Å². The quantitative estimate of drug-likeness (QED) is 0.335. The number of fused-ring (bicyclic) bond motifs is 1. The highest BCUT2D eigenvalue weighted by atomic mass is 32.2. The molecule has 0 bridgehead atoms. The summed E-state index contributed by atoms with van der Waals surface area (Å²) in [6, 6.07) is 18.1. The lowest BCUT2D eigenvalue weighted by Crippen LogP contribution is -2.38. The van der Waals surface area contributed by atoms with Crippen molar-refractivity contribution in [3.8, 4) is 11.5 Å². The van der Waals surface area contributed by atoms with Gasteiger partial charge in [0.15, 0.2) is 5.17 Å². The maximum absolute atomic E-state index is 13.7. The molecule has 1 N–H and O–H groups in total. The van der Waals surface area contributed by atoms with E-state index >= 15 is 0 Å². The van der Waals surface area contributed by atoms with Crippen molar-refractivity contribution < 1.29 is 23.8 Å². The van der Waals surface area contributed by atoms with E-state index < -0.39 is 12.0 Å². The smallest absolute Gasteiger partial charge is 0.338 e. The van der Waals surface area contributed by atoms with Gasteiger partial charge in [-0.15, -0.1) is 0 Å². The number of allylic oxidation sites excluding steroid dienone is 1. The summed E-state index contributed by atoms with van der Waals surface area (Å²) in [7, 11) is 3.15. The summed E-state index contributed by atoms with van der Waals surface area (Å²) in [5, 5.41) is 5.52. The molecular weight excluding hydrogens is 540 g/mol. The van der Waals surface area contributed by atoms with Gasteiger partial charge in [-0.2, -0.15) is 0 Å². The van der Waals surface area contributed by atoms with Crippen LogP contribution in [0.5, 0.6) is 11.5 Å². The molecule has 41 heavy (non-hydrogen) atoms. The van der Waals surface area contributed by atoms with Crippen molar-refractivity contribution in [2.45, 2.75) is 32.5 Å². The molecule has 2 aromatic carbocycles. The summed E-state index contributed by atoms with van der Waals surface area (Å²) in [4.78, 5) is 37.5. The van der Waals surface area contributed by atoms with E-state index in [1.807, 2.05) is 64.9 Å². The molecule has 2 aliphatic rings. The molecule has 210 valence electrons. The standard InChI is InChI=1S/C31H30N4O5S/c1-20-28(30(37)40-18-21-8-5-4-6-9-21)29(25-12-11-24(38-2)15-26(25)39-3)35-23(19-41-31(35)34-20)14-27(36)33-17-22-10-7-13-32-16-22/h4-13,15-16,19,29H,14,17-18H2,1-3H3,(H,33,36)/t29-/m1/s1. The van der Waals surface area contributed by atoms with Gasteiger partial charge in [0.1, 0.15) is 18.1 Å². The normalized spacial score (nSPS) is 16.0. The number of pyridine rings is 1. The van der Waals surface area contributed by atoms with Crippen LogP contribution in [0.1, 0.15) is 36.1 Å². The first-order chi connectivity index (χ1) is 20.0. The predicted octanol–water partition coefficient (Wildman–Crippen LogP) is 5.12. The highest BCUT2D eigenvalue weighted by molar-refractivity contribution is 8.16. The Labute approximate surface area is 242 Å². The van der Waals surface area contributed by atoms with Crippen LogP contribution in [-0.2, 0) is 27.5 Å². The lowest BCUT2D eigenvalue weighted by Gasteiger charge is -2.36. The Kier molecular flexibility index (Phi) is 8.69. The number of benzene rings is 2. The number of hydrogen-bond acceptors (Lipinski definition) is 9. The second-order valence-electron chi connectivity index (χ2n) is 9.38. The van der Waals surface area contributed by atoms with E-state index in [0.717, 1.165) is 16.7 Å². The zero-order chi connectivity index (χ0) is 28.8. The van der Waals surface area contributed by atoms with Crippen molar-refractivity contribution in [1.82, 2.24) is 15.2 Å². The van der Waals surface area contributed by atoms with E-state index in [1.54, 1.807) is 39.6 Å². The van der Waals surface area contributed by atoms with Crippen LogP contribution in [-0.4, -0.2) is 41.1 Å². The largest absolute Gasteiger partial charge is 0.497 e. The van der Waals surface area contributed by atoms with Gasteiger partial charge in [-0.25, -0.2) is 9.79 Å². The second kappa shape index (κ2) is 12.7. The molecule has 1 amide bonds. The van der Waals surface area contributed by atoms with E-state index in [-0.39, 0.29) is 18.9 Å². The van der Waals surface area contributed by atoms with Crippen molar-refractivity contribution in [3.05, 3.63) is 112 Å².